The van der Waals surface area contributed by atoms with Crippen LogP contribution in [0.25, 0.3) is 10.2 Å². The van der Waals surface area contributed by atoms with E-state index >= 15 is 0 Å². The minimum atomic E-state index is -3.60. The molecule has 0 unspecified atom stereocenters. The summed E-state index contributed by atoms with van der Waals surface area (Å²) in [7, 11) is -3.60. The Labute approximate surface area is 177 Å². The fourth-order valence-corrected chi connectivity index (χ4v) is 5.95. The fraction of sp³-hybridized carbons (Fsp3) is 0.263. The Hall–Kier alpha value is -2.89. The molecule has 1 aromatic carbocycles. The number of thiazole rings is 1. The number of nitrogens with one attached hydrogen (secondary N) is 1. The summed E-state index contributed by atoms with van der Waals surface area (Å²) < 4.78 is 28.5. The second-order valence-corrected chi connectivity index (χ2v) is 10.00. The van der Waals surface area contributed by atoms with Crippen molar-refractivity contribution in [3.05, 3.63) is 59.1 Å². The molecule has 9 nitrogen and oxygen atoms in total. The fourth-order valence-electron chi connectivity index (χ4n) is 3.70. The third kappa shape index (κ3) is 3.44. The first-order valence-electron chi connectivity index (χ1n) is 9.31. The van der Waals surface area contributed by atoms with E-state index < -0.39 is 10.0 Å². The van der Waals surface area contributed by atoms with E-state index in [1.807, 2.05) is 0 Å². The van der Waals surface area contributed by atoms with Gasteiger partial charge in [-0.05, 0) is 29.3 Å². The summed E-state index contributed by atoms with van der Waals surface area (Å²) in [6.07, 6.45) is 4.76. The minimum Gasteiger partial charge on any atom is -0.332 e. The van der Waals surface area contributed by atoms with Crippen molar-refractivity contribution >= 4 is 37.6 Å². The van der Waals surface area contributed by atoms with Crippen molar-refractivity contribution in [1.82, 2.24) is 29.5 Å². The van der Waals surface area contributed by atoms with Crippen molar-refractivity contribution in [1.29, 1.82) is 0 Å². The lowest BCUT2D eigenvalue weighted by Gasteiger charge is -2.23. The number of nitrogens with zero attached hydrogens (tertiary/aromatic N) is 5. The molecular formula is C19H18N6O3S2. The van der Waals surface area contributed by atoms with Gasteiger partial charge < -0.3 is 10.2 Å². The smallest absolute Gasteiger partial charge is 0.318 e. The molecule has 0 saturated carbocycles. The zero-order valence-electron chi connectivity index (χ0n) is 15.9. The van der Waals surface area contributed by atoms with Gasteiger partial charge in [0.05, 0.1) is 39.1 Å². The number of amides is 2. The zero-order chi connectivity index (χ0) is 20.7. The number of aromatic nitrogens is 3. The maximum atomic E-state index is 13.1. The summed E-state index contributed by atoms with van der Waals surface area (Å²) in [4.78, 5) is 26.7. The van der Waals surface area contributed by atoms with Crippen molar-refractivity contribution in [2.24, 2.45) is 0 Å². The SMILES string of the molecule is O=C(NCc1cnccn1)N1CC2=C(C1)CN(S(=O)(=O)c1ccc3ncsc3c1)C2. The van der Waals surface area contributed by atoms with E-state index in [2.05, 4.69) is 20.3 Å². The lowest BCUT2D eigenvalue weighted by Crippen LogP contribution is -2.41. The van der Waals surface area contributed by atoms with Gasteiger partial charge in [-0.25, -0.2) is 18.2 Å². The van der Waals surface area contributed by atoms with Crippen LogP contribution in [0.1, 0.15) is 5.69 Å². The number of benzene rings is 1. The Kier molecular flexibility index (Phi) is 4.72. The van der Waals surface area contributed by atoms with Crippen LogP contribution in [0.5, 0.6) is 0 Å². The number of fused-ring (bicyclic) bond motifs is 1. The maximum Gasteiger partial charge on any atom is 0.318 e. The summed E-state index contributed by atoms with van der Waals surface area (Å²) in [6, 6.07) is 4.82. The van der Waals surface area contributed by atoms with Gasteiger partial charge >= 0.3 is 6.03 Å². The summed E-state index contributed by atoms with van der Waals surface area (Å²) in [6.45, 7) is 1.79. The van der Waals surface area contributed by atoms with Gasteiger partial charge in [0.1, 0.15) is 0 Å². The number of hydrogen-bond acceptors (Lipinski definition) is 7. The topological polar surface area (TPSA) is 108 Å². The minimum absolute atomic E-state index is 0.194. The highest BCUT2D eigenvalue weighted by molar-refractivity contribution is 7.89. The molecule has 0 fully saturated rings. The van der Waals surface area contributed by atoms with E-state index in [0.29, 0.717) is 38.4 Å². The number of carbonyl (C=O) groups is 1. The lowest BCUT2D eigenvalue weighted by molar-refractivity contribution is 0.207. The second-order valence-electron chi connectivity index (χ2n) is 7.17. The van der Waals surface area contributed by atoms with Crippen molar-refractivity contribution < 1.29 is 13.2 Å². The summed E-state index contributed by atoms with van der Waals surface area (Å²) >= 11 is 1.42. The monoisotopic (exact) mass is 442 g/mol. The predicted octanol–water partition coefficient (Wildman–Crippen LogP) is 1.61. The molecule has 0 atom stereocenters. The van der Waals surface area contributed by atoms with Gasteiger partial charge in [-0.15, -0.1) is 11.3 Å². The van der Waals surface area contributed by atoms with Gasteiger partial charge in [-0.1, -0.05) is 0 Å². The first kappa shape index (κ1) is 19.1. The first-order valence-corrected chi connectivity index (χ1v) is 11.6. The highest BCUT2D eigenvalue weighted by atomic mass is 32.2. The van der Waals surface area contributed by atoms with E-state index in [-0.39, 0.29) is 10.9 Å². The van der Waals surface area contributed by atoms with Crippen LogP contribution in [-0.2, 0) is 16.6 Å². The molecule has 0 aliphatic carbocycles. The molecule has 0 saturated heterocycles. The maximum absolute atomic E-state index is 13.1. The molecule has 154 valence electrons. The van der Waals surface area contributed by atoms with E-state index in [1.165, 1.54) is 15.6 Å². The molecule has 0 bridgehead atoms. The van der Waals surface area contributed by atoms with Crippen molar-refractivity contribution in [3.63, 3.8) is 0 Å². The van der Waals surface area contributed by atoms with Gasteiger partial charge in [-0.3, -0.25) is 9.97 Å². The molecule has 2 aromatic heterocycles. The van der Waals surface area contributed by atoms with Crippen LogP contribution < -0.4 is 5.32 Å². The molecule has 2 aliphatic rings. The van der Waals surface area contributed by atoms with E-state index in [9.17, 15) is 13.2 Å². The number of urea groups is 1. The molecule has 2 aliphatic heterocycles. The highest BCUT2D eigenvalue weighted by Crippen LogP contribution is 2.31. The molecule has 2 amide bonds. The molecule has 3 aromatic rings. The molecule has 0 radical (unpaired) electrons. The summed E-state index contributed by atoms with van der Waals surface area (Å²) in [5.74, 6) is 0. The highest BCUT2D eigenvalue weighted by Gasteiger charge is 2.37. The van der Waals surface area contributed by atoms with Gasteiger partial charge in [0, 0.05) is 38.6 Å². The Morgan fingerprint density at radius 2 is 1.90 bits per heavy atom. The van der Waals surface area contributed by atoms with Gasteiger partial charge in [0.15, 0.2) is 0 Å². The summed E-state index contributed by atoms with van der Waals surface area (Å²) in [5, 5.41) is 2.83. The average Bonchev–Trinajstić information content (AvgIpc) is 3.46. The van der Waals surface area contributed by atoms with Crippen LogP contribution in [-0.4, -0.2) is 64.8 Å². The van der Waals surface area contributed by atoms with E-state index in [0.717, 1.165) is 21.4 Å². The third-order valence-electron chi connectivity index (χ3n) is 5.26. The Morgan fingerprint density at radius 1 is 1.10 bits per heavy atom. The third-order valence-corrected chi connectivity index (χ3v) is 7.84. The molecule has 11 heteroatoms. The number of sulfonamides is 1. The Morgan fingerprint density at radius 3 is 2.63 bits per heavy atom. The predicted molar refractivity (Wildman–Crippen MR) is 111 cm³/mol. The largest absolute Gasteiger partial charge is 0.332 e. The van der Waals surface area contributed by atoms with Crippen LogP contribution in [0.4, 0.5) is 4.79 Å². The van der Waals surface area contributed by atoms with E-state index in [1.54, 1.807) is 47.2 Å². The van der Waals surface area contributed by atoms with Gasteiger partial charge in [0.25, 0.3) is 0 Å². The lowest BCUT2D eigenvalue weighted by atomic mass is 10.2. The Balaban J connectivity index is 1.22. The van der Waals surface area contributed by atoms with Crippen molar-refractivity contribution in [2.45, 2.75) is 11.4 Å². The molecule has 1 N–H and O–H groups in total. The number of carbonyl (C=O) groups excluding carboxylic acids is 1. The number of rotatable bonds is 4. The molecule has 5 rings (SSSR count). The second kappa shape index (κ2) is 7.42. The van der Waals surface area contributed by atoms with Crippen LogP contribution in [0.3, 0.4) is 0 Å². The van der Waals surface area contributed by atoms with Crippen molar-refractivity contribution in [2.75, 3.05) is 26.2 Å². The first-order chi connectivity index (χ1) is 14.5. The van der Waals surface area contributed by atoms with Crippen LogP contribution in [0.2, 0.25) is 0 Å². The normalized spacial score (nSPS) is 17.0. The number of hydrogen-bond donors (Lipinski definition) is 1. The van der Waals surface area contributed by atoms with Crippen LogP contribution in [0, 0.1) is 0 Å². The molecule has 4 heterocycles. The molecule has 0 spiro atoms. The Bertz CT molecular complexity index is 1240. The molecule has 30 heavy (non-hydrogen) atoms. The zero-order valence-corrected chi connectivity index (χ0v) is 17.5. The van der Waals surface area contributed by atoms with Gasteiger partial charge in [0.2, 0.25) is 10.0 Å². The average molecular weight is 443 g/mol. The standard InChI is InChI=1S/C19H18N6O3S2/c26-19(22-7-15-6-20-3-4-21-15)24-8-13-10-25(11-14(13)9-24)30(27,28)16-1-2-17-18(5-16)29-12-23-17/h1-6,12H,7-11H2,(H,22,26). The van der Waals surface area contributed by atoms with E-state index in [4.69, 9.17) is 0 Å². The van der Waals surface area contributed by atoms with Crippen LogP contribution in [0.15, 0.2) is 58.3 Å². The van der Waals surface area contributed by atoms with Gasteiger partial charge in [-0.2, -0.15) is 4.31 Å². The molecular weight excluding hydrogens is 424 g/mol. The quantitative estimate of drug-likeness (QED) is 0.615. The summed E-state index contributed by atoms with van der Waals surface area (Å²) in [5.41, 5.74) is 5.17. The van der Waals surface area contributed by atoms with Crippen molar-refractivity contribution in [3.8, 4) is 0 Å². The van der Waals surface area contributed by atoms with Crippen LogP contribution >= 0.6 is 11.3 Å².